The number of carbonyl (C=O) groups excluding carboxylic acids is 1. The van der Waals surface area contributed by atoms with Crippen LogP contribution in [-0.2, 0) is 4.79 Å². The SMILES string of the molecule is CCC(CO)(CO)NC(=O)COc1ccccc1O. The van der Waals surface area contributed by atoms with Crippen molar-refractivity contribution >= 4 is 5.91 Å². The second kappa shape index (κ2) is 6.96. The summed E-state index contributed by atoms with van der Waals surface area (Å²) in [6.45, 7) is 0.723. The van der Waals surface area contributed by atoms with Gasteiger partial charge in [0.2, 0.25) is 0 Å². The lowest BCUT2D eigenvalue weighted by Crippen LogP contribution is -2.54. The second-order valence-corrected chi connectivity index (χ2v) is 4.25. The fourth-order valence-electron chi connectivity index (χ4n) is 1.50. The molecule has 0 aromatic heterocycles. The van der Waals surface area contributed by atoms with Crippen molar-refractivity contribution in [2.75, 3.05) is 19.8 Å². The maximum absolute atomic E-state index is 11.7. The van der Waals surface area contributed by atoms with Gasteiger partial charge in [-0.05, 0) is 18.6 Å². The molecule has 0 saturated heterocycles. The van der Waals surface area contributed by atoms with E-state index in [1.807, 2.05) is 0 Å². The maximum Gasteiger partial charge on any atom is 0.258 e. The molecule has 0 aliphatic heterocycles. The zero-order valence-electron chi connectivity index (χ0n) is 10.8. The van der Waals surface area contributed by atoms with Crippen molar-refractivity contribution in [1.82, 2.24) is 5.32 Å². The van der Waals surface area contributed by atoms with Crippen LogP contribution in [0.4, 0.5) is 0 Å². The minimum absolute atomic E-state index is 0.0543. The van der Waals surface area contributed by atoms with Crippen molar-refractivity contribution in [3.05, 3.63) is 24.3 Å². The number of hydrogen-bond acceptors (Lipinski definition) is 5. The van der Waals surface area contributed by atoms with Crippen LogP contribution in [0, 0.1) is 0 Å². The number of aliphatic hydroxyl groups is 2. The van der Waals surface area contributed by atoms with E-state index < -0.39 is 11.4 Å². The van der Waals surface area contributed by atoms with Crippen LogP contribution in [0.1, 0.15) is 13.3 Å². The Bertz CT molecular complexity index is 409. The van der Waals surface area contributed by atoms with E-state index in [0.717, 1.165) is 0 Å². The number of nitrogens with one attached hydrogen (secondary N) is 1. The van der Waals surface area contributed by atoms with E-state index in [1.54, 1.807) is 19.1 Å². The molecule has 0 radical (unpaired) electrons. The van der Waals surface area contributed by atoms with Crippen LogP contribution in [0.3, 0.4) is 0 Å². The Morgan fingerprint density at radius 2 is 1.95 bits per heavy atom. The minimum Gasteiger partial charge on any atom is -0.504 e. The van der Waals surface area contributed by atoms with E-state index in [0.29, 0.717) is 6.42 Å². The van der Waals surface area contributed by atoms with Gasteiger partial charge in [0, 0.05) is 0 Å². The smallest absolute Gasteiger partial charge is 0.258 e. The van der Waals surface area contributed by atoms with Crippen molar-refractivity contribution in [2.45, 2.75) is 18.9 Å². The van der Waals surface area contributed by atoms with E-state index in [2.05, 4.69) is 5.32 Å². The summed E-state index contributed by atoms with van der Waals surface area (Å²) in [5.74, 6) is -0.331. The summed E-state index contributed by atoms with van der Waals surface area (Å²) in [4.78, 5) is 11.7. The lowest BCUT2D eigenvalue weighted by molar-refractivity contribution is -0.126. The fraction of sp³-hybridized carbons (Fsp3) is 0.462. The van der Waals surface area contributed by atoms with E-state index in [9.17, 15) is 20.1 Å². The number of phenols is 1. The number of carbonyl (C=O) groups is 1. The number of rotatable bonds is 7. The van der Waals surface area contributed by atoms with E-state index in [1.165, 1.54) is 12.1 Å². The number of para-hydroxylation sites is 2. The van der Waals surface area contributed by atoms with Crippen LogP contribution in [0.2, 0.25) is 0 Å². The third kappa shape index (κ3) is 4.11. The molecule has 0 spiro atoms. The predicted octanol–water partition coefficient (Wildman–Crippen LogP) is 0.0206. The zero-order valence-corrected chi connectivity index (χ0v) is 10.8. The molecule has 6 heteroatoms. The number of aromatic hydroxyl groups is 1. The maximum atomic E-state index is 11.7. The van der Waals surface area contributed by atoms with E-state index >= 15 is 0 Å². The summed E-state index contributed by atoms with van der Waals surface area (Å²) < 4.78 is 5.15. The molecule has 1 amide bonds. The topological polar surface area (TPSA) is 99.0 Å². The molecule has 1 aromatic carbocycles. The molecule has 6 nitrogen and oxygen atoms in total. The highest BCUT2D eigenvalue weighted by Crippen LogP contribution is 2.24. The molecule has 0 saturated carbocycles. The monoisotopic (exact) mass is 269 g/mol. The first-order chi connectivity index (χ1) is 9.06. The number of hydrogen-bond donors (Lipinski definition) is 4. The average Bonchev–Trinajstić information content (AvgIpc) is 2.44. The molecule has 4 N–H and O–H groups in total. The molecule has 0 atom stereocenters. The molecule has 0 unspecified atom stereocenters. The van der Waals surface area contributed by atoms with Crippen molar-refractivity contribution in [3.63, 3.8) is 0 Å². The van der Waals surface area contributed by atoms with Gasteiger partial charge < -0.3 is 25.4 Å². The molecule has 0 bridgehead atoms. The zero-order chi connectivity index (χ0) is 14.3. The number of benzene rings is 1. The van der Waals surface area contributed by atoms with Crippen molar-refractivity contribution < 1.29 is 24.9 Å². The Kier molecular flexibility index (Phi) is 5.59. The first-order valence-electron chi connectivity index (χ1n) is 6.00. The summed E-state index contributed by atoms with van der Waals surface area (Å²) in [7, 11) is 0. The highest BCUT2D eigenvalue weighted by atomic mass is 16.5. The van der Waals surface area contributed by atoms with Gasteiger partial charge in [-0.15, -0.1) is 0 Å². The Morgan fingerprint density at radius 1 is 1.32 bits per heavy atom. The average molecular weight is 269 g/mol. The number of ether oxygens (including phenoxy) is 1. The molecule has 19 heavy (non-hydrogen) atoms. The van der Waals surface area contributed by atoms with Gasteiger partial charge in [0.05, 0.1) is 18.8 Å². The largest absolute Gasteiger partial charge is 0.504 e. The molecule has 1 aromatic rings. The highest BCUT2D eigenvalue weighted by molar-refractivity contribution is 5.78. The molecule has 1 rings (SSSR count). The molecule has 0 aliphatic carbocycles. The van der Waals surface area contributed by atoms with Crippen LogP contribution >= 0.6 is 0 Å². The van der Waals surface area contributed by atoms with Crippen molar-refractivity contribution in [2.24, 2.45) is 0 Å². The minimum atomic E-state index is -1.04. The van der Waals surface area contributed by atoms with Crippen LogP contribution in [0.5, 0.6) is 11.5 Å². The fourth-order valence-corrected chi connectivity index (χ4v) is 1.50. The van der Waals surface area contributed by atoms with Gasteiger partial charge in [-0.25, -0.2) is 0 Å². The highest BCUT2D eigenvalue weighted by Gasteiger charge is 2.28. The number of aliphatic hydroxyl groups excluding tert-OH is 2. The van der Waals surface area contributed by atoms with Gasteiger partial charge in [0.15, 0.2) is 18.1 Å². The van der Waals surface area contributed by atoms with Crippen molar-refractivity contribution in [3.8, 4) is 11.5 Å². The third-order valence-corrected chi connectivity index (χ3v) is 2.91. The van der Waals surface area contributed by atoms with Gasteiger partial charge >= 0.3 is 0 Å². The van der Waals surface area contributed by atoms with Gasteiger partial charge in [0.25, 0.3) is 5.91 Å². The molecule has 0 fully saturated rings. The normalized spacial score (nSPS) is 11.1. The van der Waals surface area contributed by atoms with Gasteiger partial charge in [0.1, 0.15) is 0 Å². The lowest BCUT2D eigenvalue weighted by atomic mass is 9.98. The van der Waals surface area contributed by atoms with Crippen LogP contribution in [-0.4, -0.2) is 46.6 Å². The molecular formula is C13H19NO5. The first kappa shape index (κ1) is 15.3. The number of phenolic OH excluding ortho intramolecular Hbond substituents is 1. The summed E-state index contributed by atoms with van der Waals surface area (Å²) in [5.41, 5.74) is -1.04. The van der Waals surface area contributed by atoms with Gasteiger partial charge in [-0.2, -0.15) is 0 Å². The predicted molar refractivity (Wildman–Crippen MR) is 68.9 cm³/mol. The van der Waals surface area contributed by atoms with Crippen LogP contribution in [0.25, 0.3) is 0 Å². The summed E-state index contributed by atoms with van der Waals surface area (Å²) in [6, 6.07) is 6.30. The molecule has 106 valence electrons. The Labute approximate surface area is 111 Å². The van der Waals surface area contributed by atoms with Gasteiger partial charge in [-0.1, -0.05) is 19.1 Å². The summed E-state index contributed by atoms with van der Waals surface area (Å²) in [5, 5.41) is 30.4. The second-order valence-electron chi connectivity index (χ2n) is 4.25. The van der Waals surface area contributed by atoms with Gasteiger partial charge in [-0.3, -0.25) is 4.79 Å². The van der Waals surface area contributed by atoms with E-state index in [4.69, 9.17) is 4.74 Å². The van der Waals surface area contributed by atoms with Crippen molar-refractivity contribution in [1.29, 1.82) is 0 Å². The Balaban J connectivity index is 2.54. The number of amides is 1. The summed E-state index contributed by atoms with van der Waals surface area (Å²) >= 11 is 0. The van der Waals surface area contributed by atoms with Crippen LogP contribution < -0.4 is 10.1 Å². The standard InChI is InChI=1S/C13H19NO5/c1-2-13(8-15,9-16)14-12(18)7-19-11-6-4-3-5-10(11)17/h3-6,15-17H,2,7-9H2,1H3,(H,14,18). The Morgan fingerprint density at radius 3 is 2.47 bits per heavy atom. The van der Waals surface area contributed by atoms with E-state index in [-0.39, 0.29) is 31.3 Å². The Hall–Kier alpha value is -1.79. The molecule has 0 heterocycles. The summed E-state index contributed by atoms with van der Waals surface area (Å²) in [6.07, 6.45) is 0.391. The lowest BCUT2D eigenvalue weighted by Gasteiger charge is -2.29. The molecule has 0 aliphatic rings. The first-order valence-corrected chi connectivity index (χ1v) is 6.00. The van der Waals surface area contributed by atoms with Crippen LogP contribution in [0.15, 0.2) is 24.3 Å². The quantitative estimate of drug-likeness (QED) is 0.559. The third-order valence-electron chi connectivity index (χ3n) is 2.91. The molecular weight excluding hydrogens is 250 g/mol.